The molecule has 0 fully saturated rings. The van der Waals surface area contributed by atoms with Gasteiger partial charge in [0.1, 0.15) is 17.3 Å². The van der Waals surface area contributed by atoms with Crippen molar-refractivity contribution in [3.63, 3.8) is 0 Å². The predicted molar refractivity (Wildman–Crippen MR) is 82.2 cm³/mol. The number of aromatic nitrogens is 2. The number of halogens is 3. The Labute approximate surface area is 132 Å². The van der Waals surface area contributed by atoms with Crippen molar-refractivity contribution < 1.29 is 4.74 Å². The smallest absolute Gasteiger partial charge is 0.168 e. The minimum Gasteiger partial charge on any atom is -0.452 e. The zero-order valence-electron chi connectivity index (χ0n) is 11.0. The van der Waals surface area contributed by atoms with Crippen LogP contribution in [0.4, 0.5) is 0 Å². The van der Waals surface area contributed by atoms with Gasteiger partial charge in [-0.1, -0.05) is 37.0 Å². The molecule has 3 nitrogen and oxygen atoms in total. The molecule has 0 aliphatic heterocycles. The minimum absolute atomic E-state index is 0.223. The second-order valence-electron chi connectivity index (χ2n) is 4.50. The fourth-order valence-corrected chi connectivity index (χ4v) is 2.06. The molecule has 0 saturated heterocycles. The van der Waals surface area contributed by atoms with Gasteiger partial charge in [0.15, 0.2) is 5.75 Å². The molecule has 0 atom stereocenters. The third-order valence-corrected chi connectivity index (χ3v) is 3.40. The first-order valence-electron chi connectivity index (χ1n) is 6.06. The highest BCUT2D eigenvalue weighted by Crippen LogP contribution is 2.33. The highest BCUT2D eigenvalue weighted by atomic mass is 35.5. The predicted octanol–water partition coefficient (Wildman–Crippen LogP) is 5.44. The molecule has 1 aromatic carbocycles. The average molecular weight is 332 g/mol. The second-order valence-corrected chi connectivity index (χ2v) is 5.62. The first-order valence-corrected chi connectivity index (χ1v) is 7.35. The number of rotatable bonds is 4. The molecule has 0 N–H and O–H groups in total. The van der Waals surface area contributed by atoms with Crippen LogP contribution in [0.15, 0.2) is 24.4 Å². The molecule has 106 valence electrons. The van der Waals surface area contributed by atoms with Crippen LogP contribution in [0.5, 0.6) is 11.5 Å². The van der Waals surface area contributed by atoms with Gasteiger partial charge in [0, 0.05) is 17.0 Å². The Hall–Kier alpha value is -1.03. The molecule has 0 radical (unpaired) electrons. The molecular weight excluding hydrogens is 319 g/mol. The molecule has 0 amide bonds. The van der Waals surface area contributed by atoms with E-state index in [1.54, 1.807) is 24.4 Å². The largest absolute Gasteiger partial charge is 0.452 e. The van der Waals surface area contributed by atoms with Crippen molar-refractivity contribution in [2.75, 3.05) is 0 Å². The molecule has 0 spiro atoms. The van der Waals surface area contributed by atoms with E-state index in [4.69, 9.17) is 39.5 Å². The van der Waals surface area contributed by atoms with E-state index in [1.165, 1.54) is 0 Å². The SMILES string of the molecule is CC(C)c1ncc(Oc2cc(Cl)ccc2Cl)c(CCl)n1. The quantitative estimate of drug-likeness (QED) is 0.700. The standard InChI is InChI=1S/C14H13Cl3N2O/c1-8(2)14-18-7-13(11(6-15)19-14)20-12-5-9(16)3-4-10(12)17/h3-5,7-8H,6H2,1-2H3. The Morgan fingerprint density at radius 2 is 1.95 bits per heavy atom. The van der Waals surface area contributed by atoms with Crippen LogP contribution in [-0.4, -0.2) is 9.97 Å². The number of alkyl halides is 1. The van der Waals surface area contributed by atoms with E-state index in [2.05, 4.69) is 9.97 Å². The first-order chi connectivity index (χ1) is 9.51. The Morgan fingerprint density at radius 3 is 2.60 bits per heavy atom. The van der Waals surface area contributed by atoms with Crippen LogP contribution >= 0.6 is 34.8 Å². The lowest BCUT2D eigenvalue weighted by Gasteiger charge is -2.12. The molecule has 0 aliphatic carbocycles. The number of nitrogens with zero attached hydrogens (tertiary/aromatic N) is 2. The summed E-state index contributed by atoms with van der Waals surface area (Å²) in [7, 11) is 0. The number of hydrogen-bond donors (Lipinski definition) is 0. The van der Waals surface area contributed by atoms with Gasteiger partial charge in [0.05, 0.1) is 17.1 Å². The van der Waals surface area contributed by atoms with Crippen molar-refractivity contribution in [2.24, 2.45) is 0 Å². The molecule has 2 aromatic rings. The number of hydrogen-bond acceptors (Lipinski definition) is 3. The van der Waals surface area contributed by atoms with Crippen LogP contribution in [-0.2, 0) is 5.88 Å². The fourth-order valence-electron chi connectivity index (χ4n) is 1.55. The van der Waals surface area contributed by atoms with Crippen molar-refractivity contribution in [2.45, 2.75) is 25.6 Å². The van der Waals surface area contributed by atoms with Gasteiger partial charge < -0.3 is 4.74 Å². The van der Waals surface area contributed by atoms with Crippen molar-refractivity contribution in [1.82, 2.24) is 9.97 Å². The van der Waals surface area contributed by atoms with Crippen molar-refractivity contribution in [1.29, 1.82) is 0 Å². The molecule has 0 saturated carbocycles. The van der Waals surface area contributed by atoms with Crippen LogP contribution in [0.25, 0.3) is 0 Å². The van der Waals surface area contributed by atoms with Gasteiger partial charge in [-0.25, -0.2) is 9.97 Å². The summed E-state index contributed by atoms with van der Waals surface area (Å²) in [5.41, 5.74) is 0.626. The van der Waals surface area contributed by atoms with Gasteiger partial charge in [-0.15, -0.1) is 11.6 Å². The topological polar surface area (TPSA) is 35.0 Å². The lowest BCUT2D eigenvalue weighted by molar-refractivity contribution is 0.470. The lowest BCUT2D eigenvalue weighted by atomic mass is 10.2. The summed E-state index contributed by atoms with van der Waals surface area (Å²) in [6.45, 7) is 4.03. The maximum atomic E-state index is 6.07. The Bertz CT molecular complexity index is 617. The summed E-state index contributed by atoms with van der Waals surface area (Å²) in [5.74, 6) is 2.11. The highest BCUT2D eigenvalue weighted by molar-refractivity contribution is 6.34. The summed E-state index contributed by atoms with van der Waals surface area (Å²) in [4.78, 5) is 8.66. The van der Waals surface area contributed by atoms with E-state index in [-0.39, 0.29) is 11.8 Å². The molecule has 0 aliphatic rings. The zero-order chi connectivity index (χ0) is 14.7. The summed E-state index contributed by atoms with van der Waals surface area (Å²) < 4.78 is 5.72. The molecular formula is C14H13Cl3N2O. The summed E-state index contributed by atoms with van der Waals surface area (Å²) in [5, 5.41) is 0.999. The van der Waals surface area contributed by atoms with Crippen molar-refractivity contribution >= 4 is 34.8 Å². The molecule has 1 heterocycles. The Balaban J connectivity index is 2.35. The average Bonchev–Trinajstić information content (AvgIpc) is 2.43. The zero-order valence-corrected chi connectivity index (χ0v) is 13.3. The van der Waals surface area contributed by atoms with Crippen LogP contribution in [0.2, 0.25) is 10.0 Å². The fraction of sp³-hybridized carbons (Fsp3) is 0.286. The van der Waals surface area contributed by atoms with Crippen LogP contribution in [0.1, 0.15) is 31.3 Å². The van der Waals surface area contributed by atoms with E-state index >= 15 is 0 Å². The molecule has 6 heteroatoms. The van der Waals surface area contributed by atoms with Crippen LogP contribution in [0.3, 0.4) is 0 Å². The van der Waals surface area contributed by atoms with E-state index in [1.807, 2.05) is 13.8 Å². The van der Waals surface area contributed by atoms with Crippen molar-refractivity contribution in [3.8, 4) is 11.5 Å². The van der Waals surface area contributed by atoms with Gasteiger partial charge in [0.25, 0.3) is 0 Å². The molecule has 0 unspecified atom stereocenters. The van der Waals surface area contributed by atoms with E-state index in [0.717, 1.165) is 5.82 Å². The molecule has 20 heavy (non-hydrogen) atoms. The third kappa shape index (κ3) is 3.54. The summed E-state index contributed by atoms with van der Waals surface area (Å²) >= 11 is 17.9. The molecule has 1 aromatic heterocycles. The van der Waals surface area contributed by atoms with Gasteiger partial charge in [-0.3, -0.25) is 0 Å². The van der Waals surface area contributed by atoms with Crippen LogP contribution < -0.4 is 4.74 Å². The normalized spacial score (nSPS) is 10.9. The minimum atomic E-state index is 0.223. The second kappa shape index (κ2) is 6.61. The first kappa shape index (κ1) is 15.4. The van der Waals surface area contributed by atoms with Gasteiger partial charge in [-0.2, -0.15) is 0 Å². The maximum absolute atomic E-state index is 6.07. The Morgan fingerprint density at radius 1 is 1.20 bits per heavy atom. The maximum Gasteiger partial charge on any atom is 0.168 e. The van der Waals surface area contributed by atoms with Crippen LogP contribution in [0, 0.1) is 0 Å². The van der Waals surface area contributed by atoms with E-state index < -0.39 is 0 Å². The van der Waals surface area contributed by atoms with Gasteiger partial charge in [-0.05, 0) is 12.1 Å². The number of benzene rings is 1. The summed E-state index contributed by atoms with van der Waals surface area (Å²) in [6.07, 6.45) is 1.61. The van der Waals surface area contributed by atoms with E-state index in [9.17, 15) is 0 Å². The highest BCUT2D eigenvalue weighted by Gasteiger charge is 2.12. The van der Waals surface area contributed by atoms with Gasteiger partial charge in [0.2, 0.25) is 0 Å². The monoisotopic (exact) mass is 330 g/mol. The lowest BCUT2D eigenvalue weighted by Crippen LogP contribution is -2.02. The van der Waals surface area contributed by atoms with Crippen molar-refractivity contribution in [3.05, 3.63) is 46.0 Å². The van der Waals surface area contributed by atoms with Gasteiger partial charge >= 0.3 is 0 Å². The summed E-state index contributed by atoms with van der Waals surface area (Å²) in [6, 6.07) is 5.00. The van der Waals surface area contributed by atoms with E-state index in [0.29, 0.717) is 27.2 Å². The Kier molecular flexibility index (Phi) is 5.08. The third-order valence-electron chi connectivity index (χ3n) is 2.60. The molecule has 2 rings (SSSR count). The molecule has 0 bridgehead atoms. The number of ether oxygens (including phenoxy) is 1.